The highest BCUT2D eigenvalue weighted by atomic mass is 32.2. The number of thioether (sulfide) groups is 1. The molecule has 1 aliphatic rings. The Morgan fingerprint density at radius 3 is 2.58 bits per heavy atom. The predicted molar refractivity (Wildman–Crippen MR) is 98.2 cm³/mol. The van der Waals surface area contributed by atoms with E-state index in [-0.39, 0.29) is 5.91 Å². The summed E-state index contributed by atoms with van der Waals surface area (Å²) >= 11 is 1.68. The van der Waals surface area contributed by atoms with Gasteiger partial charge in [0.1, 0.15) is 0 Å². The molecule has 0 bridgehead atoms. The second-order valence-electron chi connectivity index (χ2n) is 6.36. The molecule has 4 heteroatoms. The van der Waals surface area contributed by atoms with E-state index in [0.29, 0.717) is 25.8 Å². The van der Waals surface area contributed by atoms with Crippen molar-refractivity contribution >= 4 is 17.7 Å². The third-order valence-electron chi connectivity index (χ3n) is 4.45. The van der Waals surface area contributed by atoms with Crippen LogP contribution in [0, 0.1) is 0 Å². The molecule has 1 aliphatic carbocycles. The molecule has 0 fully saturated rings. The van der Waals surface area contributed by atoms with Crippen molar-refractivity contribution in [2.24, 2.45) is 0 Å². The molecule has 0 radical (unpaired) electrons. The van der Waals surface area contributed by atoms with E-state index in [0.717, 1.165) is 12.2 Å². The number of aliphatic hydroxyl groups is 1. The molecule has 126 valence electrons. The SMILES string of the molecule is O=C(CCSc1ccccc1)NC[C@]1(O)CCc2ccccc2C1. The van der Waals surface area contributed by atoms with Crippen LogP contribution in [0.2, 0.25) is 0 Å². The molecule has 2 N–H and O–H groups in total. The summed E-state index contributed by atoms with van der Waals surface area (Å²) in [6.45, 7) is 0.330. The number of hydrogen-bond donors (Lipinski definition) is 2. The largest absolute Gasteiger partial charge is 0.388 e. The minimum absolute atomic E-state index is 0.00529. The van der Waals surface area contributed by atoms with E-state index in [9.17, 15) is 9.90 Å². The van der Waals surface area contributed by atoms with Gasteiger partial charge in [-0.05, 0) is 36.1 Å². The minimum atomic E-state index is -0.823. The van der Waals surface area contributed by atoms with Crippen LogP contribution in [0.3, 0.4) is 0 Å². The van der Waals surface area contributed by atoms with E-state index < -0.39 is 5.60 Å². The summed E-state index contributed by atoms with van der Waals surface area (Å²) in [6, 6.07) is 18.3. The Kier molecular flexibility index (Phi) is 5.59. The van der Waals surface area contributed by atoms with Crippen molar-refractivity contribution in [3.8, 4) is 0 Å². The van der Waals surface area contributed by atoms with E-state index in [1.165, 1.54) is 16.0 Å². The van der Waals surface area contributed by atoms with Crippen LogP contribution in [-0.2, 0) is 17.6 Å². The molecule has 1 amide bonds. The average molecular weight is 341 g/mol. The highest BCUT2D eigenvalue weighted by molar-refractivity contribution is 7.99. The van der Waals surface area contributed by atoms with Gasteiger partial charge in [-0.1, -0.05) is 42.5 Å². The molecule has 24 heavy (non-hydrogen) atoms. The first-order chi connectivity index (χ1) is 11.6. The smallest absolute Gasteiger partial charge is 0.220 e. The molecule has 0 aromatic heterocycles. The quantitative estimate of drug-likeness (QED) is 0.793. The maximum Gasteiger partial charge on any atom is 0.220 e. The first kappa shape index (κ1) is 17.1. The third-order valence-corrected chi connectivity index (χ3v) is 5.47. The Bertz CT molecular complexity index is 689. The fraction of sp³-hybridized carbons (Fsp3) is 0.350. The Balaban J connectivity index is 1.43. The topological polar surface area (TPSA) is 49.3 Å². The van der Waals surface area contributed by atoms with Crippen LogP contribution in [0.1, 0.15) is 24.0 Å². The van der Waals surface area contributed by atoms with Crippen LogP contribution in [0.15, 0.2) is 59.5 Å². The van der Waals surface area contributed by atoms with E-state index in [1.54, 1.807) is 11.8 Å². The highest BCUT2D eigenvalue weighted by Crippen LogP contribution is 2.28. The fourth-order valence-electron chi connectivity index (χ4n) is 3.06. The maximum atomic E-state index is 12.0. The van der Waals surface area contributed by atoms with Gasteiger partial charge in [0.05, 0.1) is 5.60 Å². The summed E-state index contributed by atoms with van der Waals surface area (Å²) in [5.74, 6) is 0.752. The van der Waals surface area contributed by atoms with Gasteiger partial charge in [0.15, 0.2) is 0 Å². The zero-order valence-corrected chi connectivity index (χ0v) is 14.5. The van der Waals surface area contributed by atoms with Gasteiger partial charge in [-0.15, -0.1) is 11.8 Å². The molecule has 3 rings (SSSR count). The summed E-state index contributed by atoms with van der Waals surface area (Å²) in [5, 5.41) is 13.7. The lowest BCUT2D eigenvalue weighted by molar-refractivity contribution is -0.122. The van der Waals surface area contributed by atoms with Crippen LogP contribution >= 0.6 is 11.8 Å². The molecule has 0 unspecified atom stereocenters. The van der Waals surface area contributed by atoms with Crippen LogP contribution in [0.5, 0.6) is 0 Å². The Hall–Kier alpha value is -1.78. The van der Waals surface area contributed by atoms with Crippen molar-refractivity contribution in [1.82, 2.24) is 5.32 Å². The summed E-state index contributed by atoms with van der Waals surface area (Å²) in [4.78, 5) is 13.2. The van der Waals surface area contributed by atoms with Crippen molar-refractivity contribution in [3.63, 3.8) is 0 Å². The van der Waals surface area contributed by atoms with Crippen LogP contribution in [0.4, 0.5) is 0 Å². The zero-order chi connectivity index (χ0) is 16.8. The molecule has 3 nitrogen and oxygen atoms in total. The van der Waals surface area contributed by atoms with E-state index >= 15 is 0 Å². The molecule has 0 aliphatic heterocycles. The summed E-state index contributed by atoms with van der Waals surface area (Å²) < 4.78 is 0. The number of carbonyl (C=O) groups excluding carboxylic acids is 1. The van der Waals surface area contributed by atoms with Gasteiger partial charge in [-0.2, -0.15) is 0 Å². The summed E-state index contributed by atoms with van der Waals surface area (Å²) in [5.41, 5.74) is 1.68. The van der Waals surface area contributed by atoms with Crippen molar-refractivity contribution in [3.05, 3.63) is 65.7 Å². The normalized spacial score (nSPS) is 19.5. The summed E-state index contributed by atoms with van der Waals surface area (Å²) in [6.07, 6.45) is 2.64. The average Bonchev–Trinajstić information content (AvgIpc) is 2.61. The second-order valence-corrected chi connectivity index (χ2v) is 7.53. The van der Waals surface area contributed by atoms with Crippen molar-refractivity contribution in [2.75, 3.05) is 12.3 Å². The summed E-state index contributed by atoms with van der Waals surface area (Å²) in [7, 11) is 0. The third kappa shape index (κ3) is 4.62. The lowest BCUT2D eigenvalue weighted by Crippen LogP contribution is -2.46. The minimum Gasteiger partial charge on any atom is -0.388 e. The zero-order valence-electron chi connectivity index (χ0n) is 13.7. The van der Waals surface area contributed by atoms with Crippen LogP contribution in [-0.4, -0.2) is 28.9 Å². The van der Waals surface area contributed by atoms with Crippen molar-refractivity contribution < 1.29 is 9.90 Å². The number of benzene rings is 2. The van der Waals surface area contributed by atoms with Gasteiger partial charge >= 0.3 is 0 Å². The van der Waals surface area contributed by atoms with Crippen molar-refractivity contribution in [2.45, 2.75) is 36.2 Å². The van der Waals surface area contributed by atoms with Crippen molar-refractivity contribution in [1.29, 1.82) is 0 Å². The number of aryl methyl sites for hydroxylation is 1. The first-order valence-electron chi connectivity index (χ1n) is 8.38. The molecular formula is C20H23NO2S. The lowest BCUT2D eigenvalue weighted by Gasteiger charge is -2.33. The van der Waals surface area contributed by atoms with Gasteiger partial charge in [0, 0.05) is 30.0 Å². The lowest BCUT2D eigenvalue weighted by atomic mass is 9.80. The number of rotatable bonds is 6. The predicted octanol–water partition coefficient (Wildman–Crippen LogP) is 3.21. The molecule has 0 spiro atoms. The maximum absolute atomic E-state index is 12.0. The van der Waals surface area contributed by atoms with Crippen LogP contribution in [0.25, 0.3) is 0 Å². The number of carbonyl (C=O) groups is 1. The molecule has 1 atom stereocenters. The molecule has 0 heterocycles. The van der Waals surface area contributed by atoms with E-state index in [2.05, 4.69) is 17.4 Å². The molecular weight excluding hydrogens is 318 g/mol. The second kappa shape index (κ2) is 7.86. The Morgan fingerprint density at radius 1 is 1.08 bits per heavy atom. The van der Waals surface area contributed by atoms with E-state index in [4.69, 9.17) is 0 Å². The molecule has 2 aromatic rings. The van der Waals surface area contributed by atoms with Gasteiger partial charge in [-0.3, -0.25) is 4.79 Å². The Morgan fingerprint density at radius 2 is 1.79 bits per heavy atom. The molecule has 2 aromatic carbocycles. The number of amides is 1. The fourth-order valence-corrected chi connectivity index (χ4v) is 3.94. The highest BCUT2D eigenvalue weighted by Gasteiger charge is 2.32. The number of nitrogens with one attached hydrogen (secondary N) is 1. The number of fused-ring (bicyclic) bond motifs is 1. The van der Waals surface area contributed by atoms with E-state index in [1.807, 2.05) is 42.5 Å². The van der Waals surface area contributed by atoms with Gasteiger partial charge < -0.3 is 10.4 Å². The first-order valence-corrected chi connectivity index (χ1v) is 9.37. The molecule has 0 saturated carbocycles. The Labute approximate surface area is 147 Å². The van der Waals surface area contributed by atoms with Gasteiger partial charge in [-0.25, -0.2) is 0 Å². The van der Waals surface area contributed by atoms with Crippen LogP contribution < -0.4 is 5.32 Å². The number of hydrogen-bond acceptors (Lipinski definition) is 3. The molecule has 0 saturated heterocycles. The van der Waals surface area contributed by atoms with Gasteiger partial charge in [0.25, 0.3) is 0 Å². The van der Waals surface area contributed by atoms with Gasteiger partial charge in [0.2, 0.25) is 5.91 Å². The standard InChI is InChI=1S/C20H23NO2S/c22-19(11-13-24-18-8-2-1-3-9-18)21-15-20(23)12-10-16-6-4-5-7-17(16)14-20/h1-9,23H,10-15H2,(H,21,22)/t20-/m0/s1. The monoisotopic (exact) mass is 341 g/mol.